The van der Waals surface area contributed by atoms with Crippen LogP contribution in [0.5, 0.6) is 5.75 Å². The van der Waals surface area contributed by atoms with E-state index in [1.807, 2.05) is 0 Å². The Morgan fingerprint density at radius 2 is 1.51 bits per heavy atom. The van der Waals surface area contributed by atoms with Crippen LogP contribution in [0.25, 0.3) is 0 Å². The summed E-state index contributed by atoms with van der Waals surface area (Å²) in [4.78, 5) is 37.7. The fraction of sp³-hybridized carbons (Fsp3) is 0.375. The molecule has 11 heteroatoms. The Hall–Kier alpha value is -3.60. The highest BCUT2D eigenvalue weighted by Gasteiger charge is 2.65. The van der Waals surface area contributed by atoms with Crippen molar-refractivity contribution in [1.29, 1.82) is 0 Å². The van der Waals surface area contributed by atoms with Crippen LogP contribution in [0.2, 0.25) is 0 Å². The number of benzene rings is 2. The number of carbonyl (C=O) groups excluding carboxylic acids is 3. The van der Waals surface area contributed by atoms with Gasteiger partial charge in [0.2, 0.25) is 6.10 Å². The van der Waals surface area contributed by atoms with Gasteiger partial charge in [-0.15, -0.1) is 0 Å². The number of ether oxygens (including phenoxy) is 5. The second kappa shape index (κ2) is 11.7. The van der Waals surface area contributed by atoms with Gasteiger partial charge in [-0.05, 0) is 24.6 Å². The lowest BCUT2D eigenvalue weighted by atomic mass is 9.92. The molecule has 8 nitrogen and oxygen atoms in total. The first-order chi connectivity index (χ1) is 16.5. The Labute approximate surface area is 199 Å². The van der Waals surface area contributed by atoms with Crippen LogP contribution < -0.4 is 4.74 Å². The fourth-order valence-electron chi connectivity index (χ4n) is 3.32. The maximum atomic E-state index is 14.3. The zero-order chi connectivity index (χ0) is 26.2. The first-order valence-corrected chi connectivity index (χ1v) is 10.4. The largest absolute Gasteiger partial charge is 0.497 e. The lowest BCUT2D eigenvalue weighted by Crippen LogP contribution is -2.53. The van der Waals surface area contributed by atoms with E-state index >= 15 is 0 Å². The number of halogens is 3. The molecule has 0 saturated heterocycles. The molecule has 0 aliphatic heterocycles. The normalized spacial score (nSPS) is 14.7. The predicted octanol–water partition coefficient (Wildman–Crippen LogP) is 3.88. The lowest BCUT2D eigenvalue weighted by molar-refractivity contribution is -0.280. The molecule has 2 rings (SSSR count). The smallest absolute Gasteiger partial charge is 0.432 e. The molecule has 0 bridgehead atoms. The van der Waals surface area contributed by atoms with E-state index < -0.39 is 47.5 Å². The molecule has 0 fully saturated rings. The molecule has 0 amide bonds. The Kier molecular flexibility index (Phi) is 9.24. The maximum absolute atomic E-state index is 14.3. The third kappa shape index (κ3) is 6.10. The van der Waals surface area contributed by atoms with Gasteiger partial charge in [-0.3, -0.25) is 4.79 Å². The van der Waals surface area contributed by atoms with Crippen molar-refractivity contribution < 1.29 is 51.2 Å². The van der Waals surface area contributed by atoms with E-state index in [9.17, 15) is 27.6 Å². The molecule has 0 unspecified atom stereocenters. The molecule has 0 aliphatic carbocycles. The number of carbonyl (C=O) groups is 3. The Balaban J connectivity index is 2.60. The van der Waals surface area contributed by atoms with Crippen molar-refractivity contribution in [2.45, 2.75) is 37.8 Å². The molecule has 0 aliphatic rings. The number of methoxy groups -OCH3 is 2. The zero-order valence-corrected chi connectivity index (χ0v) is 19.5. The van der Waals surface area contributed by atoms with Crippen LogP contribution in [0.15, 0.2) is 54.6 Å². The topological polar surface area (TPSA) is 97.4 Å². The molecule has 0 spiro atoms. The molecular formula is C24H25F3O8. The predicted molar refractivity (Wildman–Crippen MR) is 115 cm³/mol. The van der Waals surface area contributed by atoms with Crippen molar-refractivity contribution in [1.82, 2.24) is 0 Å². The van der Waals surface area contributed by atoms with Gasteiger partial charge in [0.15, 0.2) is 6.10 Å². The molecule has 0 radical (unpaired) electrons. The lowest BCUT2D eigenvalue weighted by Gasteiger charge is -2.34. The van der Waals surface area contributed by atoms with Crippen molar-refractivity contribution in [3.63, 3.8) is 0 Å². The van der Waals surface area contributed by atoms with Crippen molar-refractivity contribution in [3.05, 3.63) is 65.7 Å². The second-order valence-corrected chi connectivity index (χ2v) is 7.13. The minimum atomic E-state index is -5.28. The number of hydrogen-bond acceptors (Lipinski definition) is 8. The standard InChI is InChI=1S/C24H25F3O8/c1-5-33-21(29)20(19(34-15(2)28)16-11-13-18(31-3)14-12-16)35-22(30)23(32-4,24(25,26)27)17-9-7-6-8-10-17/h6-14,19-20H,5H2,1-4H3/t19-,20+,23+/m1/s1. The van der Waals surface area contributed by atoms with Crippen molar-refractivity contribution in [2.75, 3.05) is 20.8 Å². The Morgan fingerprint density at radius 1 is 0.914 bits per heavy atom. The third-order valence-electron chi connectivity index (χ3n) is 4.94. The van der Waals surface area contributed by atoms with Crippen molar-refractivity contribution in [2.24, 2.45) is 0 Å². The van der Waals surface area contributed by atoms with E-state index in [1.54, 1.807) is 0 Å². The summed E-state index contributed by atoms with van der Waals surface area (Å²) < 4.78 is 67.9. The van der Waals surface area contributed by atoms with Crippen LogP contribution in [0, 0.1) is 0 Å². The molecule has 35 heavy (non-hydrogen) atoms. The van der Waals surface area contributed by atoms with Crippen LogP contribution in [-0.4, -0.2) is 51.0 Å². The number of esters is 3. The molecule has 0 N–H and O–H groups in total. The van der Waals surface area contributed by atoms with Crippen LogP contribution in [0.3, 0.4) is 0 Å². The first kappa shape index (κ1) is 27.6. The average molecular weight is 498 g/mol. The van der Waals surface area contributed by atoms with Gasteiger partial charge in [0.25, 0.3) is 5.60 Å². The van der Waals surface area contributed by atoms with Crippen LogP contribution in [0.4, 0.5) is 13.2 Å². The van der Waals surface area contributed by atoms with E-state index in [4.69, 9.17) is 23.7 Å². The maximum Gasteiger partial charge on any atom is 0.432 e. The Morgan fingerprint density at radius 3 is 1.97 bits per heavy atom. The number of hydrogen-bond donors (Lipinski definition) is 0. The van der Waals surface area contributed by atoms with Crippen LogP contribution in [-0.2, 0) is 38.9 Å². The number of alkyl halides is 3. The summed E-state index contributed by atoms with van der Waals surface area (Å²) in [6.45, 7) is 2.29. The molecule has 0 saturated carbocycles. The summed E-state index contributed by atoms with van der Waals surface area (Å²) in [6.07, 6.45) is -8.99. The number of rotatable bonds is 10. The van der Waals surface area contributed by atoms with Gasteiger partial charge in [-0.1, -0.05) is 42.5 Å². The highest BCUT2D eigenvalue weighted by molar-refractivity contribution is 5.86. The van der Waals surface area contributed by atoms with E-state index in [0.29, 0.717) is 12.9 Å². The monoisotopic (exact) mass is 498 g/mol. The van der Waals surface area contributed by atoms with E-state index in [-0.39, 0.29) is 12.2 Å². The van der Waals surface area contributed by atoms with E-state index in [2.05, 4.69) is 0 Å². The van der Waals surface area contributed by atoms with Gasteiger partial charge >= 0.3 is 24.1 Å². The molecule has 190 valence electrons. The van der Waals surface area contributed by atoms with Gasteiger partial charge in [-0.25, -0.2) is 9.59 Å². The van der Waals surface area contributed by atoms with Gasteiger partial charge < -0.3 is 23.7 Å². The molecule has 2 aromatic carbocycles. The van der Waals surface area contributed by atoms with E-state index in [0.717, 1.165) is 19.1 Å². The highest BCUT2D eigenvalue weighted by atomic mass is 19.4. The minimum Gasteiger partial charge on any atom is -0.497 e. The third-order valence-corrected chi connectivity index (χ3v) is 4.94. The molecular weight excluding hydrogens is 473 g/mol. The van der Waals surface area contributed by atoms with Crippen LogP contribution in [0.1, 0.15) is 31.1 Å². The Bertz CT molecular complexity index is 1010. The summed E-state index contributed by atoms with van der Waals surface area (Å²) in [5.41, 5.74) is -4.00. The summed E-state index contributed by atoms with van der Waals surface area (Å²) in [5, 5.41) is 0. The molecule has 0 heterocycles. The summed E-state index contributed by atoms with van der Waals surface area (Å²) in [7, 11) is 2.10. The van der Waals surface area contributed by atoms with Gasteiger partial charge in [0.1, 0.15) is 5.75 Å². The molecule has 2 aromatic rings. The SMILES string of the molecule is CCOC(=O)[C@@H](OC(=O)[C@@](OC)(c1ccccc1)C(F)(F)F)[C@H](OC(C)=O)c1ccc(OC)cc1. The quantitative estimate of drug-likeness (QED) is 0.360. The van der Waals surface area contributed by atoms with Crippen molar-refractivity contribution in [3.8, 4) is 5.75 Å². The summed E-state index contributed by atoms with van der Waals surface area (Å²) in [6, 6.07) is 11.8. The van der Waals surface area contributed by atoms with Gasteiger partial charge in [-0.2, -0.15) is 13.2 Å². The van der Waals surface area contributed by atoms with Crippen LogP contribution >= 0.6 is 0 Å². The van der Waals surface area contributed by atoms with Gasteiger partial charge in [0, 0.05) is 19.6 Å². The first-order valence-electron chi connectivity index (χ1n) is 10.4. The highest BCUT2D eigenvalue weighted by Crippen LogP contribution is 2.43. The van der Waals surface area contributed by atoms with Crippen molar-refractivity contribution >= 4 is 17.9 Å². The summed E-state index contributed by atoms with van der Waals surface area (Å²) >= 11 is 0. The van der Waals surface area contributed by atoms with E-state index in [1.165, 1.54) is 56.5 Å². The zero-order valence-electron chi connectivity index (χ0n) is 19.5. The minimum absolute atomic E-state index is 0.140. The molecule has 0 aromatic heterocycles. The van der Waals surface area contributed by atoms with Gasteiger partial charge in [0.05, 0.1) is 13.7 Å². The second-order valence-electron chi connectivity index (χ2n) is 7.13. The summed E-state index contributed by atoms with van der Waals surface area (Å²) in [5.74, 6) is -3.63. The average Bonchev–Trinajstić information content (AvgIpc) is 2.82. The fourth-order valence-corrected chi connectivity index (χ4v) is 3.32. The molecule has 3 atom stereocenters.